The fourth-order valence-corrected chi connectivity index (χ4v) is 2.34. The molecule has 0 saturated heterocycles. The molecule has 10 heavy (non-hydrogen) atoms. The predicted molar refractivity (Wildman–Crippen MR) is 44.8 cm³/mol. The van der Waals surface area contributed by atoms with Gasteiger partial charge in [0.05, 0.1) is 0 Å². The summed E-state index contributed by atoms with van der Waals surface area (Å²) in [7, 11) is 0. The van der Waals surface area contributed by atoms with Crippen molar-refractivity contribution in [3.8, 4) is 0 Å². The Labute approximate surface area is 64.0 Å². The standard InChI is InChI=1S/C9H19N/c1-7-5-8(2,3)6-9(7,4)10/h7H,5-6,10H2,1-4H3/t7-,9-/m0/s1. The van der Waals surface area contributed by atoms with Gasteiger partial charge in [-0.15, -0.1) is 0 Å². The molecule has 0 spiro atoms. The van der Waals surface area contributed by atoms with Gasteiger partial charge in [-0.05, 0) is 31.1 Å². The minimum Gasteiger partial charge on any atom is -0.325 e. The van der Waals surface area contributed by atoms with Crippen LogP contribution in [0.15, 0.2) is 0 Å². The van der Waals surface area contributed by atoms with Crippen molar-refractivity contribution in [1.29, 1.82) is 0 Å². The number of hydrogen-bond acceptors (Lipinski definition) is 1. The molecular weight excluding hydrogens is 122 g/mol. The topological polar surface area (TPSA) is 26.0 Å². The van der Waals surface area contributed by atoms with Crippen LogP contribution >= 0.6 is 0 Å². The molecule has 2 N–H and O–H groups in total. The first kappa shape index (κ1) is 8.06. The van der Waals surface area contributed by atoms with E-state index in [1.807, 2.05) is 0 Å². The normalized spacial score (nSPS) is 45.9. The molecule has 0 bridgehead atoms. The molecule has 1 aliphatic rings. The Morgan fingerprint density at radius 2 is 1.80 bits per heavy atom. The van der Waals surface area contributed by atoms with Crippen molar-refractivity contribution in [2.75, 3.05) is 0 Å². The Kier molecular flexibility index (Phi) is 1.59. The quantitative estimate of drug-likeness (QED) is 0.549. The first-order chi connectivity index (χ1) is 4.33. The van der Waals surface area contributed by atoms with E-state index in [9.17, 15) is 0 Å². The van der Waals surface area contributed by atoms with Gasteiger partial charge in [-0.2, -0.15) is 0 Å². The summed E-state index contributed by atoms with van der Waals surface area (Å²) < 4.78 is 0. The minimum absolute atomic E-state index is 0.0868. The lowest BCUT2D eigenvalue weighted by atomic mass is 9.89. The average molecular weight is 141 g/mol. The molecule has 0 aliphatic heterocycles. The third kappa shape index (κ3) is 1.34. The molecule has 1 fully saturated rings. The highest BCUT2D eigenvalue weighted by molar-refractivity contribution is 4.98. The van der Waals surface area contributed by atoms with Gasteiger partial charge in [0.2, 0.25) is 0 Å². The number of nitrogens with two attached hydrogens (primary N) is 1. The van der Waals surface area contributed by atoms with Crippen molar-refractivity contribution in [2.45, 2.75) is 46.1 Å². The Balaban J connectivity index is 2.71. The second kappa shape index (κ2) is 1.97. The average Bonchev–Trinajstić information content (AvgIpc) is 1.73. The third-order valence-corrected chi connectivity index (χ3v) is 2.84. The first-order valence-electron chi connectivity index (χ1n) is 4.12. The summed E-state index contributed by atoms with van der Waals surface area (Å²) in [4.78, 5) is 0. The Hall–Kier alpha value is -0.0400. The van der Waals surface area contributed by atoms with Gasteiger partial charge in [-0.3, -0.25) is 0 Å². The van der Waals surface area contributed by atoms with Gasteiger partial charge in [0.15, 0.2) is 0 Å². The second-order valence-corrected chi connectivity index (χ2v) is 4.95. The number of hydrogen-bond donors (Lipinski definition) is 1. The second-order valence-electron chi connectivity index (χ2n) is 4.95. The Morgan fingerprint density at radius 1 is 1.30 bits per heavy atom. The number of rotatable bonds is 0. The van der Waals surface area contributed by atoms with E-state index in [-0.39, 0.29) is 5.54 Å². The van der Waals surface area contributed by atoms with Crippen molar-refractivity contribution < 1.29 is 0 Å². The summed E-state index contributed by atoms with van der Waals surface area (Å²) in [6.07, 6.45) is 2.45. The molecule has 1 saturated carbocycles. The van der Waals surface area contributed by atoms with Gasteiger partial charge < -0.3 is 5.73 Å². The molecule has 1 heteroatoms. The van der Waals surface area contributed by atoms with E-state index < -0.39 is 0 Å². The van der Waals surface area contributed by atoms with Crippen molar-refractivity contribution in [3.05, 3.63) is 0 Å². The molecule has 1 nitrogen and oxygen atoms in total. The van der Waals surface area contributed by atoms with Gasteiger partial charge in [0.1, 0.15) is 0 Å². The molecule has 0 amide bonds. The highest BCUT2D eigenvalue weighted by Gasteiger charge is 2.42. The molecule has 0 unspecified atom stereocenters. The summed E-state index contributed by atoms with van der Waals surface area (Å²) in [6, 6.07) is 0. The van der Waals surface area contributed by atoms with Crippen LogP contribution < -0.4 is 5.73 Å². The maximum absolute atomic E-state index is 6.10. The van der Waals surface area contributed by atoms with Gasteiger partial charge in [-0.1, -0.05) is 20.8 Å². The highest BCUT2D eigenvalue weighted by Crippen LogP contribution is 2.45. The lowest BCUT2D eigenvalue weighted by Gasteiger charge is -2.24. The molecule has 0 aromatic heterocycles. The molecule has 0 aromatic carbocycles. The maximum atomic E-state index is 6.10. The van der Waals surface area contributed by atoms with Crippen LogP contribution in [0.5, 0.6) is 0 Å². The summed E-state index contributed by atoms with van der Waals surface area (Å²) in [5.41, 5.74) is 6.66. The molecule has 1 aliphatic carbocycles. The van der Waals surface area contributed by atoms with Gasteiger partial charge in [0, 0.05) is 5.54 Å². The summed E-state index contributed by atoms with van der Waals surface area (Å²) in [5, 5.41) is 0. The van der Waals surface area contributed by atoms with Crippen LogP contribution in [0.3, 0.4) is 0 Å². The van der Waals surface area contributed by atoms with E-state index in [1.165, 1.54) is 12.8 Å². The smallest absolute Gasteiger partial charge is 0.0156 e. The van der Waals surface area contributed by atoms with Crippen LogP contribution in [-0.4, -0.2) is 5.54 Å². The van der Waals surface area contributed by atoms with E-state index in [0.717, 1.165) is 0 Å². The van der Waals surface area contributed by atoms with Crippen molar-refractivity contribution >= 4 is 0 Å². The van der Waals surface area contributed by atoms with Crippen LogP contribution in [0.4, 0.5) is 0 Å². The largest absolute Gasteiger partial charge is 0.325 e. The van der Waals surface area contributed by atoms with Crippen molar-refractivity contribution in [2.24, 2.45) is 17.1 Å². The van der Waals surface area contributed by atoms with Gasteiger partial charge in [0.25, 0.3) is 0 Å². The third-order valence-electron chi connectivity index (χ3n) is 2.84. The zero-order chi connectivity index (χ0) is 7.99. The molecule has 0 radical (unpaired) electrons. The fourth-order valence-electron chi connectivity index (χ4n) is 2.34. The summed E-state index contributed by atoms with van der Waals surface area (Å²) >= 11 is 0. The van der Waals surface area contributed by atoms with Crippen LogP contribution in [0.25, 0.3) is 0 Å². The van der Waals surface area contributed by atoms with E-state index in [2.05, 4.69) is 27.7 Å². The predicted octanol–water partition coefficient (Wildman–Crippen LogP) is 2.16. The molecule has 1 rings (SSSR count). The minimum atomic E-state index is 0.0868. The Bertz CT molecular complexity index is 136. The zero-order valence-corrected chi connectivity index (χ0v) is 7.57. The molecule has 0 heterocycles. The van der Waals surface area contributed by atoms with Crippen molar-refractivity contribution in [3.63, 3.8) is 0 Å². The van der Waals surface area contributed by atoms with Crippen molar-refractivity contribution in [1.82, 2.24) is 0 Å². The molecule has 60 valence electrons. The summed E-state index contributed by atoms with van der Waals surface area (Å²) in [5.74, 6) is 0.683. The van der Waals surface area contributed by atoms with E-state index in [1.54, 1.807) is 0 Å². The van der Waals surface area contributed by atoms with E-state index >= 15 is 0 Å². The SMILES string of the molecule is C[C@H]1CC(C)(C)C[C@]1(C)N. The van der Waals surface area contributed by atoms with Gasteiger partial charge in [-0.25, -0.2) is 0 Å². The monoisotopic (exact) mass is 141 g/mol. The van der Waals surface area contributed by atoms with Gasteiger partial charge >= 0.3 is 0 Å². The van der Waals surface area contributed by atoms with E-state index in [0.29, 0.717) is 11.3 Å². The van der Waals surface area contributed by atoms with Crippen LogP contribution in [0, 0.1) is 11.3 Å². The van der Waals surface area contributed by atoms with Crippen LogP contribution in [-0.2, 0) is 0 Å². The lowest BCUT2D eigenvalue weighted by molar-refractivity contribution is 0.345. The molecule has 0 aromatic rings. The molecule has 2 atom stereocenters. The summed E-state index contributed by atoms with van der Waals surface area (Å²) in [6.45, 7) is 9.05. The van der Waals surface area contributed by atoms with Crippen LogP contribution in [0.2, 0.25) is 0 Å². The Morgan fingerprint density at radius 3 is 1.90 bits per heavy atom. The van der Waals surface area contributed by atoms with E-state index in [4.69, 9.17) is 5.73 Å². The lowest BCUT2D eigenvalue weighted by Crippen LogP contribution is -2.38. The van der Waals surface area contributed by atoms with Crippen LogP contribution in [0.1, 0.15) is 40.5 Å². The molecular formula is C9H19N. The zero-order valence-electron chi connectivity index (χ0n) is 7.57. The first-order valence-corrected chi connectivity index (χ1v) is 4.12. The maximum Gasteiger partial charge on any atom is 0.0156 e. The highest BCUT2D eigenvalue weighted by atomic mass is 14.8. The fraction of sp³-hybridized carbons (Fsp3) is 1.00.